The number of rotatable bonds is 4. The molecule has 4 rings (SSSR count). The molecule has 0 unspecified atom stereocenters. The molecule has 1 fully saturated rings. The second-order valence-corrected chi connectivity index (χ2v) is 7.48. The lowest BCUT2D eigenvalue weighted by atomic mass is 10.3. The third-order valence-corrected chi connectivity index (χ3v) is 5.57. The zero-order valence-electron chi connectivity index (χ0n) is 15.0. The number of ether oxygens (including phenoxy) is 1. The van der Waals surface area contributed by atoms with Gasteiger partial charge in [0.2, 0.25) is 0 Å². The van der Waals surface area contributed by atoms with E-state index in [9.17, 15) is 9.59 Å². The van der Waals surface area contributed by atoms with E-state index in [0.29, 0.717) is 35.9 Å². The quantitative estimate of drug-likeness (QED) is 0.690. The molecule has 0 saturated carbocycles. The predicted octanol–water partition coefficient (Wildman–Crippen LogP) is 2.80. The zero-order chi connectivity index (χ0) is 19.0. The number of carbonyl (C=O) groups is 1. The first-order chi connectivity index (χ1) is 13.0. The van der Waals surface area contributed by atoms with Crippen LogP contribution >= 0.6 is 11.3 Å². The molecule has 140 valence electrons. The molecule has 1 saturated heterocycles. The minimum Gasteiger partial charge on any atom is -0.488 e. The van der Waals surface area contributed by atoms with Crippen molar-refractivity contribution >= 4 is 17.2 Å². The van der Waals surface area contributed by atoms with E-state index in [1.54, 1.807) is 17.9 Å². The largest absolute Gasteiger partial charge is 0.488 e. The highest BCUT2D eigenvalue weighted by Crippen LogP contribution is 2.26. The zero-order valence-corrected chi connectivity index (χ0v) is 15.9. The van der Waals surface area contributed by atoms with Crippen molar-refractivity contribution < 1.29 is 13.9 Å². The minimum absolute atomic E-state index is 0.0294. The smallest absolute Gasteiger partial charge is 0.339 e. The summed E-state index contributed by atoms with van der Waals surface area (Å²) in [7, 11) is 0. The van der Waals surface area contributed by atoms with Crippen LogP contribution in [-0.2, 0) is 0 Å². The van der Waals surface area contributed by atoms with Gasteiger partial charge in [0.15, 0.2) is 5.13 Å². The Morgan fingerprint density at radius 1 is 1.30 bits per heavy atom. The number of likely N-dealkylation sites (tertiary alicyclic amines) is 1. The normalized spacial score (nSPS) is 16.7. The van der Waals surface area contributed by atoms with E-state index in [0.717, 1.165) is 10.8 Å². The molecule has 0 radical (unpaired) electrons. The second kappa shape index (κ2) is 7.03. The van der Waals surface area contributed by atoms with Gasteiger partial charge in [0, 0.05) is 31.4 Å². The number of aryl methyl sites for hydroxylation is 2. The molecule has 1 aliphatic rings. The SMILES string of the molecule is Cc1cc(O[C@@H]2CCN(C(=O)c3sc(-n4cccc4)nc3C)C2)cc(=O)o1. The number of hydrogen-bond donors (Lipinski definition) is 0. The Morgan fingerprint density at radius 3 is 2.81 bits per heavy atom. The van der Waals surface area contributed by atoms with E-state index in [4.69, 9.17) is 9.15 Å². The Labute approximate surface area is 159 Å². The Bertz CT molecular complexity index is 1020. The van der Waals surface area contributed by atoms with Crippen LogP contribution in [0.1, 0.15) is 27.5 Å². The van der Waals surface area contributed by atoms with Gasteiger partial charge < -0.3 is 18.6 Å². The van der Waals surface area contributed by atoms with Gasteiger partial charge in [-0.1, -0.05) is 11.3 Å². The first-order valence-corrected chi connectivity index (χ1v) is 9.50. The summed E-state index contributed by atoms with van der Waals surface area (Å²) >= 11 is 1.39. The summed E-state index contributed by atoms with van der Waals surface area (Å²) in [6.07, 6.45) is 4.38. The van der Waals surface area contributed by atoms with Crippen LogP contribution in [0.3, 0.4) is 0 Å². The van der Waals surface area contributed by atoms with Gasteiger partial charge in [0.1, 0.15) is 22.5 Å². The maximum absolute atomic E-state index is 12.9. The molecule has 1 atom stereocenters. The molecular formula is C19H19N3O4S. The molecule has 1 aliphatic heterocycles. The third-order valence-electron chi connectivity index (χ3n) is 4.41. The average molecular weight is 385 g/mol. The lowest BCUT2D eigenvalue weighted by Crippen LogP contribution is -2.30. The molecule has 0 aromatic carbocycles. The van der Waals surface area contributed by atoms with Crippen molar-refractivity contribution in [3.05, 3.63) is 63.4 Å². The highest BCUT2D eigenvalue weighted by molar-refractivity contribution is 7.16. The fourth-order valence-corrected chi connectivity index (χ4v) is 4.14. The highest BCUT2D eigenvalue weighted by Gasteiger charge is 2.30. The van der Waals surface area contributed by atoms with Crippen molar-refractivity contribution in [2.24, 2.45) is 0 Å². The molecule has 4 heterocycles. The van der Waals surface area contributed by atoms with Gasteiger partial charge in [-0.25, -0.2) is 9.78 Å². The van der Waals surface area contributed by atoms with Crippen molar-refractivity contribution in [2.75, 3.05) is 13.1 Å². The monoisotopic (exact) mass is 385 g/mol. The first kappa shape index (κ1) is 17.5. The second-order valence-electron chi connectivity index (χ2n) is 6.50. The molecule has 1 amide bonds. The van der Waals surface area contributed by atoms with E-state index in [-0.39, 0.29) is 12.0 Å². The molecule has 0 bridgehead atoms. The summed E-state index contributed by atoms with van der Waals surface area (Å²) in [6.45, 7) is 4.65. The van der Waals surface area contributed by atoms with Crippen LogP contribution in [0.25, 0.3) is 5.13 Å². The van der Waals surface area contributed by atoms with Crippen LogP contribution in [0.15, 0.2) is 45.9 Å². The maximum Gasteiger partial charge on any atom is 0.339 e. The lowest BCUT2D eigenvalue weighted by molar-refractivity contribution is 0.0776. The third kappa shape index (κ3) is 3.66. The Hall–Kier alpha value is -2.87. The van der Waals surface area contributed by atoms with Crippen molar-refractivity contribution in [3.63, 3.8) is 0 Å². The summed E-state index contributed by atoms with van der Waals surface area (Å²) in [5.41, 5.74) is 0.295. The summed E-state index contributed by atoms with van der Waals surface area (Å²) < 4.78 is 12.7. The number of thiazole rings is 1. The van der Waals surface area contributed by atoms with Crippen LogP contribution in [0, 0.1) is 13.8 Å². The fourth-order valence-electron chi connectivity index (χ4n) is 3.14. The Balaban J connectivity index is 1.46. The van der Waals surface area contributed by atoms with Gasteiger partial charge in [0.05, 0.1) is 18.3 Å². The topological polar surface area (TPSA) is 77.6 Å². The van der Waals surface area contributed by atoms with Crippen LogP contribution in [0.4, 0.5) is 0 Å². The van der Waals surface area contributed by atoms with Gasteiger partial charge in [0.25, 0.3) is 5.91 Å². The average Bonchev–Trinajstić information content (AvgIpc) is 3.33. The minimum atomic E-state index is -0.436. The van der Waals surface area contributed by atoms with Crippen molar-refractivity contribution in [1.82, 2.24) is 14.5 Å². The maximum atomic E-state index is 12.9. The van der Waals surface area contributed by atoms with Crippen molar-refractivity contribution in [2.45, 2.75) is 26.4 Å². The van der Waals surface area contributed by atoms with Gasteiger partial charge in [-0.05, 0) is 26.0 Å². The van der Waals surface area contributed by atoms with E-state index in [1.165, 1.54) is 17.4 Å². The fraction of sp³-hybridized carbons (Fsp3) is 0.316. The first-order valence-electron chi connectivity index (χ1n) is 8.68. The van der Waals surface area contributed by atoms with Crippen LogP contribution < -0.4 is 10.4 Å². The van der Waals surface area contributed by atoms with Crippen molar-refractivity contribution in [1.29, 1.82) is 0 Å². The van der Waals surface area contributed by atoms with E-state index < -0.39 is 5.63 Å². The number of aromatic nitrogens is 2. The molecule has 0 N–H and O–H groups in total. The van der Waals surface area contributed by atoms with Crippen LogP contribution in [-0.4, -0.2) is 39.6 Å². The number of nitrogens with zero attached hydrogens (tertiary/aromatic N) is 3. The standard InChI is InChI=1S/C19H19N3O4S/c1-12-9-15(10-16(23)25-12)26-14-5-8-22(11-14)18(24)17-13(2)20-19(27-17)21-6-3-4-7-21/h3-4,6-7,9-10,14H,5,8,11H2,1-2H3/t14-/m1/s1. The van der Waals surface area contributed by atoms with Gasteiger partial charge in [-0.3, -0.25) is 4.79 Å². The van der Waals surface area contributed by atoms with Gasteiger partial charge in [-0.2, -0.15) is 0 Å². The van der Waals surface area contributed by atoms with Crippen LogP contribution in [0.5, 0.6) is 5.75 Å². The van der Waals surface area contributed by atoms with E-state index in [1.807, 2.05) is 36.0 Å². The number of hydrogen-bond acceptors (Lipinski definition) is 6. The van der Waals surface area contributed by atoms with E-state index in [2.05, 4.69) is 4.98 Å². The molecule has 0 aliphatic carbocycles. The lowest BCUT2D eigenvalue weighted by Gasteiger charge is -2.16. The summed E-state index contributed by atoms with van der Waals surface area (Å²) in [5.74, 6) is 0.950. The predicted molar refractivity (Wildman–Crippen MR) is 101 cm³/mol. The Kier molecular flexibility index (Phi) is 4.57. The van der Waals surface area contributed by atoms with Crippen molar-refractivity contribution in [3.8, 4) is 10.9 Å². The molecule has 7 nitrogen and oxygen atoms in total. The summed E-state index contributed by atoms with van der Waals surface area (Å²) in [6, 6.07) is 6.86. The molecule has 27 heavy (non-hydrogen) atoms. The number of amides is 1. The molecule has 3 aromatic heterocycles. The molecule has 8 heteroatoms. The summed E-state index contributed by atoms with van der Waals surface area (Å²) in [4.78, 5) is 31.3. The summed E-state index contributed by atoms with van der Waals surface area (Å²) in [5, 5.41) is 0.777. The molecule has 0 spiro atoms. The number of carbonyl (C=O) groups excluding carboxylic acids is 1. The van der Waals surface area contributed by atoms with Gasteiger partial charge in [-0.15, -0.1) is 0 Å². The highest BCUT2D eigenvalue weighted by atomic mass is 32.1. The van der Waals surface area contributed by atoms with Gasteiger partial charge >= 0.3 is 5.63 Å². The van der Waals surface area contributed by atoms with E-state index >= 15 is 0 Å². The molecular weight excluding hydrogens is 366 g/mol. The Morgan fingerprint density at radius 2 is 2.07 bits per heavy atom. The van der Waals surface area contributed by atoms with Crippen LogP contribution in [0.2, 0.25) is 0 Å². The molecule has 3 aromatic rings.